The predicted molar refractivity (Wildman–Crippen MR) is 60.5 cm³/mol. The zero-order valence-corrected chi connectivity index (χ0v) is 10.5. The highest BCUT2D eigenvalue weighted by molar-refractivity contribution is 5.11. The van der Waals surface area contributed by atoms with E-state index in [1.165, 1.54) is 0 Å². The van der Waals surface area contributed by atoms with Gasteiger partial charge in [0.2, 0.25) is 5.89 Å². The zero-order valence-electron chi connectivity index (χ0n) is 10.5. The fraction of sp³-hybridized carbons (Fsp3) is 0.818. The summed E-state index contributed by atoms with van der Waals surface area (Å²) < 4.78 is 16.1. The molecule has 1 aliphatic heterocycles. The second-order valence-electron chi connectivity index (χ2n) is 4.59. The highest BCUT2D eigenvalue weighted by atomic mass is 16.5. The van der Waals surface area contributed by atoms with E-state index in [9.17, 15) is 0 Å². The molecule has 0 spiro atoms. The summed E-state index contributed by atoms with van der Waals surface area (Å²) in [7, 11) is 0. The minimum atomic E-state index is -0.392. The lowest BCUT2D eigenvalue weighted by molar-refractivity contribution is 0.0683. The minimum absolute atomic E-state index is 0.113. The molecule has 1 aromatic heterocycles. The first-order valence-electron chi connectivity index (χ1n) is 5.87. The number of ether oxygens (including phenoxy) is 2. The van der Waals surface area contributed by atoms with Gasteiger partial charge in [-0.1, -0.05) is 5.16 Å². The van der Waals surface area contributed by atoms with Crippen molar-refractivity contribution in [3.63, 3.8) is 0 Å². The van der Waals surface area contributed by atoms with E-state index >= 15 is 0 Å². The highest BCUT2D eigenvalue weighted by Crippen LogP contribution is 2.31. The van der Waals surface area contributed by atoms with Crippen LogP contribution in [-0.4, -0.2) is 36.0 Å². The average molecular weight is 241 g/mol. The van der Waals surface area contributed by atoms with Gasteiger partial charge in [0.1, 0.15) is 6.10 Å². The molecule has 6 nitrogen and oxygen atoms in total. The second kappa shape index (κ2) is 4.72. The monoisotopic (exact) mass is 241 g/mol. The van der Waals surface area contributed by atoms with Crippen molar-refractivity contribution in [2.24, 2.45) is 5.73 Å². The SMILES string of the molecule is CCOC(C)c1noc(C2(C)COCC2N)n1. The first-order chi connectivity index (χ1) is 8.08. The molecule has 0 bridgehead atoms. The number of hydrogen-bond acceptors (Lipinski definition) is 6. The van der Waals surface area contributed by atoms with Crippen molar-refractivity contribution in [2.45, 2.75) is 38.3 Å². The molecule has 0 aromatic carbocycles. The Morgan fingerprint density at radius 2 is 2.41 bits per heavy atom. The number of nitrogens with zero attached hydrogens (tertiary/aromatic N) is 2. The molecule has 0 saturated carbocycles. The standard InChI is InChI=1S/C11H19N3O3/c1-4-16-7(2)9-13-10(17-14-9)11(3)6-15-5-8(11)12/h7-8H,4-6,12H2,1-3H3. The molecule has 2 N–H and O–H groups in total. The maximum atomic E-state index is 6.01. The largest absolute Gasteiger partial charge is 0.379 e. The highest BCUT2D eigenvalue weighted by Gasteiger charge is 2.44. The molecule has 1 aliphatic rings. The van der Waals surface area contributed by atoms with Crippen molar-refractivity contribution < 1.29 is 14.0 Å². The lowest BCUT2D eigenvalue weighted by Gasteiger charge is -2.21. The van der Waals surface area contributed by atoms with E-state index in [2.05, 4.69) is 10.1 Å². The van der Waals surface area contributed by atoms with E-state index < -0.39 is 5.41 Å². The second-order valence-corrected chi connectivity index (χ2v) is 4.59. The summed E-state index contributed by atoms with van der Waals surface area (Å²) in [6.07, 6.45) is -0.167. The molecule has 17 heavy (non-hydrogen) atoms. The van der Waals surface area contributed by atoms with Crippen LogP contribution in [0.4, 0.5) is 0 Å². The Labute approximate surface area is 100 Å². The van der Waals surface area contributed by atoms with Crippen LogP contribution in [0.1, 0.15) is 38.6 Å². The number of aromatic nitrogens is 2. The summed E-state index contributed by atoms with van der Waals surface area (Å²) in [4.78, 5) is 4.37. The van der Waals surface area contributed by atoms with Crippen molar-refractivity contribution in [3.8, 4) is 0 Å². The van der Waals surface area contributed by atoms with E-state index in [1.54, 1.807) is 0 Å². The van der Waals surface area contributed by atoms with Crippen LogP contribution in [0.15, 0.2) is 4.52 Å². The van der Waals surface area contributed by atoms with E-state index in [0.717, 1.165) is 0 Å². The fourth-order valence-corrected chi connectivity index (χ4v) is 1.87. The van der Waals surface area contributed by atoms with Crippen molar-refractivity contribution in [2.75, 3.05) is 19.8 Å². The molecule has 3 unspecified atom stereocenters. The van der Waals surface area contributed by atoms with Gasteiger partial charge in [0, 0.05) is 12.6 Å². The van der Waals surface area contributed by atoms with Crippen LogP contribution < -0.4 is 5.73 Å². The molecule has 1 fully saturated rings. The molecule has 96 valence electrons. The smallest absolute Gasteiger partial charge is 0.236 e. The molecule has 1 aromatic rings. The average Bonchev–Trinajstić information content (AvgIpc) is 2.88. The minimum Gasteiger partial charge on any atom is -0.379 e. The maximum absolute atomic E-state index is 6.01. The summed E-state index contributed by atoms with van der Waals surface area (Å²) in [6.45, 7) is 7.46. The van der Waals surface area contributed by atoms with Gasteiger partial charge in [0.05, 0.1) is 18.6 Å². The third-order valence-corrected chi connectivity index (χ3v) is 3.23. The van der Waals surface area contributed by atoms with Crippen molar-refractivity contribution in [3.05, 3.63) is 11.7 Å². The Hall–Kier alpha value is -0.980. The third kappa shape index (κ3) is 2.20. The molecular formula is C11H19N3O3. The fourth-order valence-electron chi connectivity index (χ4n) is 1.87. The van der Waals surface area contributed by atoms with Crippen molar-refractivity contribution in [1.82, 2.24) is 10.1 Å². The lowest BCUT2D eigenvalue weighted by Crippen LogP contribution is -2.42. The van der Waals surface area contributed by atoms with Gasteiger partial charge in [-0.2, -0.15) is 4.98 Å². The number of hydrogen-bond donors (Lipinski definition) is 1. The van der Waals surface area contributed by atoms with Crippen molar-refractivity contribution in [1.29, 1.82) is 0 Å². The Morgan fingerprint density at radius 1 is 1.65 bits per heavy atom. The third-order valence-electron chi connectivity index (χ3n) is 3.23. The van der Waals surface area contributed by atoms with Gasteiger partial charge in [0.25, 0.3) is 0 Å². The van der Waals surface area contributed by atoms with Gasteiger partial charge < -0.3 is 19.7 Å². The first-order valence-corrected chi connectivity index (χ1v) is 5.87. The quantitative estimate of drug-likeness (QED) is 0.838. The van der Waals surface area contributed by atoms with Crippen LogP contribution in [-0.2, 0) is 14.9 Å². The van der Waals surface area contributed by atoms with Gasteiger partial charge in [-0.3, -0.25) is 0 Å². The molecule has 1 saturated heterocycles. The molecule has 0 radical (unpaired) electrons. The number of rotatable bonds is 4. The normalized spacial score (nSPS) is 30.7. The lowest BCUT2D eigenvalue weighted by atomic mass is 9.86. The van der Waals surface area contributed by atoms with Crippen LogP contribution in [0.3, 0.4) is 0 Å². The van der Waals surface area contributed by atoms with E-state index in [0.29, 0.717) is 31.5 Å². The summed E-state index contributed by atoms with van der Waals surface area (Å²) in [5, 5.41) is 3.94. The van der Waals surface area contributed by atoms with Crippen molar-refractivity contribution >= 4 is 0 Å². The van der Waals surface area contributed by atoms with Crippen LogP contribution in [0.2, 0.25) is 0 Å². The maximum Gasteiger partial charge on any atom is 0.236 e. The summed E-state index contributed by atoms with van der Waals surface area (Å²) in [5.41, 5.74) is 5.61. The Morgan fingerprint density at radius 3 is 3.00 bits per heavy atom. The molecule has 0 amide bonds. The Kier molecular flexibility index (Phi) is 3.46. The van der Waals surface area contributed by atoms with Gasteiger partial charge in [-0.25, -0.2) is 0 Å². The molecule has 2 heterocycles. The number of nitrogens with two attached hydrogens (primary N) is 1. The summed E-state index contributed by atoms with van der Waals surface area (Å²) in [6, 6.07) is -0.113. The molecule has 6 heteroatoms. The van der Waals surface area contributed by atoms with E-state index in [4.69, 9.17) is 19.7 Å². The van der Waals surface area contributed by atoms with Crippen LogP contribution in [0.5, 0.6) is 0 Å². The molecule has 2 rings (SSSR count). The van der Waals surface area contributed by atoms with Gasteiger partial charge >= 0.3 is 0 Å². The topological polar surface area (TPSA) is 83.4 Å². The van der Waals surface area contributed by atoms with E-state index in [-0.39, 0.29) is 12.1 Å². The van der Waals surface area contributed by atoms with Gasteiger partial charge in [-0.15, -0.1) is 0 Å². The molecule has 3 atom stereocenters. The first kappa shape index (κ1) is 12.5. The summed E-state index contributed by atoms with van der Waals surface area (Å²) >= 11 is 0. The van der Waals surface area contributed by atoms with Gasteiger partial charge in [0.15, 0.2) is 5.82 Å². The predicted octanol–water partition coefficient (Wildman–Crippen LogP) is 0.782. The van der Waals surface area contributed by atoms with E-state index in [1.807, 2.05) is 20.8 Å². The Bertz CT molecular complexity index is 382. The zero-order chi connectivity index (χ0) is 12.5. The summed E-state index contributed by atoms with van der Waals surface area (Å²) in [5.74, 6) is 1.09. The Balaban J connectivity index is 2.18. The molecular weight excluding hydrogens is 222 g/mol. The van der Waals surface area contributed by atoms with Crippen LogP contribution in [0.25, 0.3) is 0 Å². The van der Waals surface area contributed by atoms with Gasteiger partial charge in [-0.05, 0) is 20.8 Å². The van der Waals surface area contributed by atoms with Crippen LogP contribution >= 0.6 is 0 Å². The molecule has 0 aliphatic carbocycles. The van der Waals surface area contributed by atoms with Crippen LogP contribution in [0, 0.1) is 0 Å².